The maximum absolute atomic E-state index is 13.1. The molecule has 0 aromatic heterocycles. The van der Waals surface area contributed by atoms with Gasteiger partial charge in [0, 0.05) is 0 Å². The van der Waals surface area contributed by atoms with Gasteiger partial charge in [-0.3, -0.25) is 4.79 Å². The fraction of sp³-hybridized carbons (Fsp3) is 0.984. The highest BCUT2D eigenvalue weighted by atomic mass is 16.7. The summed E-state index contributed by atoms with van der Waals surface area (Å²) in [6.45, 7) is 3.49. The maximum atomic E-state index is 13.1. The lowest BCUT2D eigenvalue weighted by Crippen LogP contribution is -2.60. The summed E-state index contributed by atoms with van der Waals surface area (Å²) < 4.78 is 11.2. The van der Waals surface area contributed by atoms with Crippen molar-refractivity contribution in [3.63, 3.8) is 0 Å². The van der Waals surface area contributed by atoms with E-state index in [9.17, 15) is 40.5 Å². The van der Waals surface area contributed by atoms with Crippen molar-refractivity contribution in [1.82, 2.24) is 5.32 Å². The van der Waals surface area contributed by atoms with Crippen molar-refractivity contribution in [2.24, 2.45) is 0 Å². The van der Waals surface area contributed by atoms with E-state index in [4.69, 9.17) is 9.47 Å². The zero-order valence-corrected chi connectivity index (χ0v) is 47.2. The Morgan fingerprint density at radius 2 is 0.722 bits per heavy atom. The lowest BCUT2D eigenvalue weighted by atomic mass is 9.98. The Labute approximate surface area is 443 Å². The molecule has 8 N–H and O–H groups in total. The van der Waals surface area contributed by atoms with Crippen LogP contribution < -0.4 is 5.32 Å². The lowest BCUT2D eigenvalue weighted by Gasteiger charge is -2.40. The third-order valence-corrected chi connectivity index (χ3v) is 15.7. The summed E-state index contributed by atoms with van der Waals surface area (Å²) in [6, 6.07) is -1.16. The molecule has 0 bridgehead atoms. The quantitative estimate of drug-likeness (QED) is 0.0272. The lowest BCUT2D eigenvalue weighted by molar-refractivity contribution is -0.303. The molecule has 72 heavy (non-hydrogen) atoms. The molecule has 9 atom stereocenters. The fourth-order valence-electron chi connectivity index (χ4n) is 10.6. The molecule has 1 heterocycles. The number of hydrogen-bond donors (Lipinski definition) is 8. The number of nitrogens with one attached hydrogen (secondary N) is 1. The first-order valence-electron chi connectivity index (χ1n) is 31.4. The van der Waals surface area contributed by atoms with Gasteiger partial charge in [0.15, 0.2) is 6.29 Å². The number of aliphatic hydroxyl groups excluding tert-OH is 7. The number of carbonyl (C=O) groups is 1. The van der Waals surface area contributed by atoms with Crippen LogP contribution in [0, 0.1) is 0 Å². The predicted molar refractivity (Wildman–Crippen MR) is 298 cm³/mol. The fourth-order valence-corrected chi connectivity index (χ4v) is 10.6. The smallest absolute Gasteiger partial charge is 0.249 e. The van der Waals surface area contributed by atoms with Gasteiger partial charge in [0.05, 0.1) is 25.4 Å². The largest absolute Gasteiger partial charge is 0.394 e. The molecular weight excluding hydrogens is 907 g/mol. The minimum Gasteiger partial charge on any atom is -0.394 e. The van der Waals surface area contributed by atoms with Gasteiger partial charge in [-0.1, -0.05) is 303 Å². The summed E-state index contributed by atoms with van der Waals surface area (Å²) in [4.78, 5) is 13.1. The van der Waals surface area contributed by atoms with Crippen LogP contribution in [0.1, 0.15) is 316 Å². The molecule has 0 radical (unpaired) electrons. The van der Waals surface area contributed by atoms with Gasteiger partial charge in [-0.2, -0.15) is 0 Å². The number of hydrogen-bond acceptors (Lipinski definition) is 10. The Balaban J connectivity index is 2.17. The summed E-state index contributed by atoms with van der Waals surface area (Å²) in [5.74, 6) is -0.691. The number of unbranched alkanes of at least 4 members (excludes halogenated alkanes) is 43. The molecule has 430 valence electrons. The molecule has 1 rings (SSSR count). The minimum absolute atomic E-state index is 0.266. The molecule has 11 nitrogen and oxygen atoms in total. The van der Waals surface area contributed by atoms with E-state index in [1.165, 1.54) is 238 Å². The zero-order chi connectivity index (χ0) is 52.5. The van der Waals surface area contributed by atoms with Crippen molar-refractivity contribution < 1.29 is 50.0 Å². The summed E-state index contributed by atoms with van der Waals surface area (Å²) >= 11 is 0. The molecule has 9 unspecified atom stereocenters. The standard InChI is InChI=1S/C61H121NO10/c1-3-5-7-9-11-13-15-17-18-19-20-21-22-23-24-25-26-27-28-29-30-31-32-33-34-35-37-38-40-42-44-46-48-53(64)56(66)52(51-71-61-59(69)58(68)57(67)55(50-63)72-61)62-60(70)54(65)49-47-45-43-41-39-36-16-14-12-10-8-6-4-2/h52-59,61,63-69H,3-51H2,1-2H3,(H,62,70). The zero-order valence-electron chi connectivity index (χ0n) is 47.2. The minimum atomic E-state index is -1.66. The summed E-state index contributed by atoms with van der Waals surface area (Å²) in [6.07, 6.45) is 47.6. The van der Waals surface area contributed by atoms with Crippen LogP contribution in [0.25, 0.3) is 0 Å². The van der Waals surface area contributed by atoms with Crippen LogP contribution in [-0.4, -0.2) is 110 Å². The molecule has 1 aliphatic heterocycles. The summed E-state index contributed by atoms with van der Waals surface area (Å²) in [7, 11) is 0. The maximum Gasteiger partial charge on any atom is 0.249 e. The van der Waals surface area contributed by atoms with Gasteiger partial charge in [0.1, 0.15) is 36.6 Å². The van der Waals surface area contributed by atoms with Crippen LogP contribution in [0.4, 0.5) is 0 Å². The first-order valence-corrected chi connectivity index (χ1v) is 31.4. The molecular formula is C61H121NO10. The Morgan fingerprint density at radius 3 is 1.03 bits per heavy atom. The summed E-state index contributed by atoms with van der Waals surface area (Å²) in [5.41, 5.74) is 0. The van der Waals surface area contributed by atoms with Crippen LogP contribution in [-0.2, 0) is 14.3 Å². The molecule has 0 spiro atoms. The highest BCUT2D eigenvalue weighted by Crippen LogP contribution is 2.24. The topological polar surface area (TPSA) is 189 Å². The van der Waals surface area contributed by atoms with E-state index in [0.29, 0.717) is 19.3 Å². The molecule has 1 fully saturated rings. The first kappa shape index (κ1) is 69.1. The Morgan fingerprint density at radius 1 is 0.431 bits per heavy atom. The van der Waals surface area contributed by atoms with Crippen molar-refractivity contribution in [1.29, 1.82) is 0 Å². The Hall–Kier alpha value is -0.890. The van der Waals surface area contributed by atoms with Gasteiger partial charge in [0.2, 0.25) is 5.91 Å². The molecule has 1 amide bonds. The number of carbonyl (C=O) groups excluding carboxylic acids is 1. The molecule has 1 saturated heterocycles. The average molecular weight is 1030 g/mol. The summed E-state index contributed by atoms with van der Waals surface area (Å²) in [5, 5.41) is 76.2. The van der Waals surface area contributed by atoms with Gasteiger partial charge in [-0.25, -0.2) is 0 Å². The van der Waals surface area contributed by atoms with Gasteiger partial charge in [-0.05, 0) is 12.8 Å². The van der Waals surface area contributed by atoms with Gasteiger partial charge >= 0.3 is 0 Å². The second-order valence-electron chi connectivity index (χ2n) is 22.5. The molecule has 11 heteroatoms. The van der Waals surface area contributed by atoms with E-state index in [1.54, 1.807) is 0 Å². The highest BCUT2D eigenvalue weighted by molar-refractivity contribution is 5.80. The third kappa shape index (κ3) is 38.6. The van der Waals surface area contributed by atoms with Crippen LogP contribution in [0.15, 0.2) is 0 Å². The Bertz CT molecular complexity index is 1130. The van der Waals surface area contributed by atoms with Gasteiger partial charge in [-0.15, -0.1) is 0 Å². The normalized spacial score (nSPS) is 19.9. The van der Waals surface area contributed by atoms with Crippen LogP contribution in [0.3, 0.4) is 0 Å². The first-order chi connectivity index (χ1) is 35.2. The van der Waals surface area contributed by atoms with E-state index in [1.807, 2.05) is 0 Å². The van der Waals surface area contributed by atoms with Crippen molar-refractivity contribution >= 4 is 5.91 Å². The van der Waals surface area contributed by atoms with E-state index in [0.717, 1.165) is 38.5 Å². The number of amides is 1. The number of ether oxygens (including phenoxy) is 2. The van der Waals surface area contributed by atoms with Crippen LogP contribution >= 0.6 is 0 Å². The van der Waals surface area contributed by atoms with Crippen molar-refractivity contribution in [3.8, 4) is 0 Å². The number of rotatable bonds is 55. The van der Waals surface area contributed by atoms with E-state index in [-0.39, 0.29) is 6.42 Å². The highest BCUT2D eigenvalue weighted by Gasteiger charge is 2.44. The molecule has 1 aliphatic rings. The second kappa shape index (κ2) is 50.9. The van der Waals surface area contributed by atoms with Crippen LogP contribution in [0.5, 0.6) is 0 Å². The third-order valence-electron chi connectivity index (χ3n) is 15.7. The van der Waals surface area contributed by atoms with Gasteiger partial charge < -0.3 is 50.5 Å². The second-order valence-corrected chi connectivity index (χ2v) is 22.5. The monoisotopic (exact) mass is 1030 g/mol. The molecule has 0 aliphatic carbocycles. The van der Waals surface area contributed by atoms with E-state index in [2.05, 4.69) is 19.2 Å². The van der Waals surface area contributed by atoms with Gasteiger partial charge in [0.25, 0.3) is 0 Å². The number of aliphatic hydroxyl groups is 7. The van der Waals surface area contributed by atoms with Crippen LogP contribution in [0.2, 0.25) is 0 Å². The Kier molecular flexibility index (Phi) is 48.9. The molecule has 0 saturated carbocycles. The van der Waals surface area contributed by atoms with Crippen molar-refractivity contribution in [2.75, 3.05) is 13.2 Å². The SMILES string of the molecule is CCCCCCCCCCCCCCCCCCCCCCCCCCCCCCCCCCC(O)C(O)C(COC1OC(CO)C(O)C(O)C1O)NC(=O)C(O)CCCCCCCCCCCCCCC. The van der Waals surface area contributed by atoms with E-state index < -0.39 is 74.2 Å². The van der Waals surface area contributed by atoms with E-state index >= 15 is 0 Å². The van der Waals surface area contributed by atoms with Crippen molar-refractivity contribution in [2.45, 2.75) is 371 Å². The molecule has 0 aromatic rings. The van der Waals surface area contributed by atoms with Crippen molar-refractivity contribution in [3.05, 3.63) is 0 Å². The average Bonchev–Trinajstić information content (AvgIpc) is 3.38. The predicted octanol–water partition coefficient (Wildman–Crippen LogP) is 13.7. The molecule has 0 aromatic carbocycles.